The van der Waals surface area contributed by atoms with Crippen LogP contribution in [0.25, 0.3) is 0 Å². The van der Waals surface area contributed by atoms with Crippen molar-refractivity contribution in [3.8, 4) is 11.5 Å². The van der Waals surface area contributed by atoms with Crippen molar-refractivity contribution in [2.45, 2.75) is 32.7 Å². The van der Waals surface area contributed by atoms with Crippen LogP contribution < -0.4 is 14.8 Å². The molecule has 0 unspecified atom stereocenters. The van der Waals surface area contributed by atoms with Crippen molar-refractivity contribution in [3.63, 3.8) is 0 Å². The Kier molecular flexibility index (Phi) is 6.07. The van der Waals surface area contributed by atoms with Crippen molar-refractivity contribution in [3.05, 3.63) is 23.8 Å². The minimum Gasteiger partial charge on any atom is -0.486 e. The number of ether oxygens (including phenoxy) is 3. The molecule has 2 rings (SSSR count). The van der Waals surface area contributed by atoms with Crippen LogP contribution in [0.2, 0.25) is 0 Å². The molecule has 1 atom stereocenters. The highest BCUT2D eigenvalue weighted by Gasteiger charge is 2.21. The highest BCUT2D eigenvalue weighted by molar-refractivity contribution is 5.76. The van der Waals surface area contributed by atoms with E-state index in [0.29, 0.717) is 26.2 Å². The molecule has 1 N–H and O–H groups in total. The van der Waals surface area contributed by atoms with Gasteiger partial charge in [-0.15, -0.1) is 0 Å². The van der Waals surface area contributed by atoms with Crippen LogP contribution >= 0.6 is 0 Å². The van der Waals surface area contributed by atoms with Crippen LogP contribution in [0.15, 0.2) is 18.2 Å². The molecule has 1 amide bonds. The van der Waals surface area contributed by atoms with Crippen molar-refractivity contribution in [1.29, 1.82) is 0 Å². The molecule has 5 heteroatoms. The summed E-state index contributed by atoms with van der Waals surface area (Å²) in [5.74, 6) is 1.85. The fraction of sp³-hybridized carbons (Fsp3) is 0.588. The van der Waals surface area contributed by atoms with Gasteiger partial charge in [0, 0.05) is 20.1 Å². The number of fused-ring (bicyclic) bond motifs is 1. The van der Waals surface area contributed by atoms with Gasteiger partial charge in [-0.3, -0.25) is 4.79 Å². The van der Waals surface area contributed by atoms with E-state index in [1.165, 1.54) is 0 Å². The smallest absolute Gasteiger partial charge is 0.220 e. The summed E-state index contributed by atoms with van der Waals surface area (Å²) in [5, 5.41) is 3.11. The number of benzene rings is 1. The van der Waals surface area contributed by atoms with E-state index in [-0.39, 0.29) is 17.9 Å². The first-order chi connectivity index (χ1) is 10.6. The second-order valence-corrected chi connectivity index (χ2v) is 5.79. The van der Waals surface area contributed by atoms with Crippen molar-refractivity contribution in [2.24, 2.45) is 5.92 Å². The van der Waals surface area contributed by atoms with Crippen molar-refractivity contribution in [2.75, 3.05) is 26.9 Å². The van der Waals surface area contributed by atoms with E-state index in [1.807, 2.05) is 18.2 Å². The molecule has 0 aliphatic carbocycles. The predicted octanol–water partition coefficient (Wildman–Crippen LogP) is 2.70. The lowest BCUT2D eigenvalue weighted by Gasteiger charge is -2.25. The van der Waals surface area contributed by atoms with Crippen molar-refractivity contribution >= 4 is 5.91 Å². The zero-order valence-electron chi connectivity index (χ0n) is 13.6. The minimum atomic E-state index is -0.0362. The first-order valence-electron chi connectivity index (χ1n) is 7.79. The van der Waals surface area contributed by atoms with E-state index in [2.05, 4.69) is 19.2 Å². The lowest BCUT2D eigenvalue weighted by Crippen LogP contribution is -2.31. The molecule has 0 bridgehead atoms. The molecule has 1 aromatic carbocycles. The minimum absolute atomic E-state index is 0.0362. The first kappa shape index (κ1) is 16.6. The molecule has 1 aromatic rings. The van der Waals surface area contributed by atoms with Crippen LogP contribution in [0.1, 0.15) is 38.3 Å². The molecule has 1 aliphatic heterocycles. The molecule has 5 nitrogen and oxygen atoms in total. The summed E-state index contributed by atoms with van der Waals surface area (Å²) in [6.45, 7) is 5.93. The summed E-state index contributed by atoms with van der Waals surface area (Å²) >= 11 is 0. The molecule has 1 aliphatic rings. The van der Waals surface area contributed by atoms with Crippen LogP contribution in [-0.4, -0.2) is 32.8 Å². The maximum Gasteiger partial charge on any atom is 0.220 e. The third-order valence-corrected chi connectivity index (χ3v) is 3.66. The van der Waals surface area contributed by atoms with E-state index in [4.69, 9.17) is 14.2 Å². The average Bonchev–Trinajstić information content (AvgIpc) is 2.52. The molecular weight excluding hydrogens is 282 g/mol. The summed E-state index contributed by atoms with van der Waals surface area (Å²) < 4.78 is 16.1. The van der Waals surface area contributed by atoms with Crippen LogP contribution in [0.5, 0.6) is 11.5 Å². The van der Waals surface area contributed by atoms with Gasteiger partial charge >= 0.3 is 0 Å². The largest absolute Gasteiger partial charge is 0.486 e. The summed E-state index contributed by atoms with van der Waals surface area (Å²) in [5.41, 5.74) is 1.04. The van der Waals surface area contributed by atoms with Gasteiger partial charge < -0.3 is 19.5 Å². The molecule has 0 saturated carbocycles. The van der Waals surface area contributed by atoms with Crippen LogP contribution in [0.4, 0.5) is 0 Å². The lowest BCUT2D eigenvalue weighted by molar-refractivity contribution is -0.122. The fourth-order valence-electron chi connectivity index (χ4n) is 2.51. The lowest BCUT2D eigenvalue weighted by atomic mass is 9.95. The maximum atomic E-state index is 12.1. The summed E-state index contributed by atoms with van der Waals surface area (Å²) in [4.78, 5) is 12.1. The summed E-state index contributed by atoms with van der Waals surface area (Å²) in [7, 11) is 1.64. The van der Waals surface area contributed by atoms with Crippen LogP contribution in [-0.2, 0) is 9.53 Å². The average molecular weight is 307 g/mol. The van der Waals surface area contributed by atoms with Gasteiger partial charge in [-0.1, -0.05) is 19.9 Å². The monoisotopic (exact) mass is 307 g/mol. The zero-order chi connectivity index (χ0) is 15.9. The fourth-order valence-corrected chi connectivity index (χ4v) is 2.51. The standard InChI is InChI=1S/C17H25NO4/c1-12(2)17(18-16(19)5-4-8-20-3)13-6-7-14-15(11-13)22-10-9-21-14/h6-7,11-12,17H,4-5,8-10H2,1-3H3,(H,18,19)/t17-/m0/s1. The summed E-state index contributed by atoms with van der Waals surface area (Å²) in [6, 6.07) is 5.84. The Bertz CT molecular complexity index is 501. The highest BCUT2D eigenvalue weighted by atomic mass is 16.6. The van der Waals surface area contributed by atoms with E-state index in [1.54, 1.807) is 7.11 Å². The molecule has 0 fully saturated rings. The molecule has 22 heavy (non-hydrogen) atoms. The van der Waals surface area contributed by atoms with Crippen LogP contribution in [0, 0.1) is 5.92 Å². The van der Waals surface area contributed by atoms with Gasteiger partial charge in [0.1, 0.15) is 13.2 Å². The topological polar surface area (TPSA) is 56.8 Å². The quantitative estimate of drug-likeness (QED) is 0.787. The Hall–Kier alpha value is -1.75. The number of methoxy groups -OCH3 is 1. The van der Waals surface area contributed by atoms with E-state index in [0.717, 1.165) is 23.5 Å². The predicted molar refractivity (Wildman–Crippen MR) is 84.3 cm³/mol. The third-order valence-electron chi connectivity index (χ3n) is 3.66. The number of carbonyl (C=O) groups is 1. The van der Waals surface area contributed by atoms with E-state index >= 15 is 0 Å². The highest BCUT2D eigenvalue weighted by Crippen LogP contribution is 2.34. The van der Waals surface area contributed by atoms with Gasteiger partial charge in [0.05, 0.1) is 6.04 Å². The molecule has 0 spiro atoms. The Morgan fingerprint density at radius 2 is 2.00 bits per heavy atom. The van der Waals surface area contributed by atoms with Crippen molar-refractivity contribution < 1.29 is 19.0 Å². The number of hydrogen-bond acceptors (Lipinski definition) is 4. The molecule has 1 heterocycles. The Morgan fingerprint density at radius 1 is 1.27 bits per heavy atom. The second kappa shape index (κ2) is 8.03. The molecular formula is C17H25NO4. The van der Waals surface area contributed by atoms with E-state index in [9.17, 15) is 4.79 Å². The second-order valence-electron chi connectivity index (χ2n) is 5.79. The zero-order valence-corrected chi connectivity index (χ0v) is 13.6. The number of carbonyl (C=O) groups excluding carboxylic acids is 1. The molecule has 122 valence electrons. The van der Waals surface area contributed by atoms with Gasteiger partial charge in [-0.25, -0.2) is 0 Å². The van der Waals surface area contributed by atoms with Gasteiger partial charge in [0.2, 0.25) is 5.91 Å². The normalized spacial score (nSPS) is 14.7. The third kappa shape index (κ3) is 4.37. The Balaban J connectivity index is 2.06. The van der Waals surface area contributed by atoms with Gasteiger partial charge in [0.15, 0.2) is 11.5 Å². The number of hydrogen-bond donors (Lipinski definition) is 1. The number of amides is 1. The van der Waals surface area contributed by atoms with Crippen LogP contribution in [0.3, 0.4) is 0 Å². The first-order valence-corrected chi connectivity index (χ1v) is 7.79. The molecule has 0 aromatic heterocycles. The van der Waals surface area contributed by atoms with Gasteiger partial charge in [-0.2, -0.15) is 0 Å². The number of nitrogens with one attached hydrogen (secondary N) is 1. The Morgan fingerprint density at radius 3 is 2.68 bits per heavy atom. The Labute approximate surface area is 131 Å². The SMILES string of the molecule is COCCCC(=O)N[C@H](c1ccc2c(c1)OCCO2)C(C)C. The van der Waals surface area contributed by atoms with Gasteiger partial charge in [-0.05, 0) is 30.0 Å². The molecule has 0 radical (unpaired) electrons. The van der Waals surface area contributed by atoms with Crippen molar-refractivity contribution in [1.82, 2.24) is 5.32 Å². The van der Waals surface area contributed by atoms with Gasteiger partial charge in [0.25, 0.3) is 0 Å². The summed E-state index contributed by atoms with van der Waals surface area (Å²) in [6.07, 6.45) is 1.20. The van der Waals surface area contributed by atoms with E-state index < -0.39 is 0 Å². The number of rotatable bonds is 7. The maximum absolute atomic E-state index is 12.1. The molecule has 0 saturated heterocycles.